The molecular weight excluding hydrogens is 130 g/mol. The lowest BCUT2D eigenvalue weighted by Crippen LogP contribution is -2.46. The van der Waals surface area contributed by atoms with E-state index in [4.69, 9.17) is 10.5 Å². The number of nitrogens with two attached hydrogens (primary N) is 1. The van der Waals surface area contributed by atoms with Crippen LogP contribution in [0, 0.1) is 0 Å². The minimum atomic E-state index is -0.459. The highest BCUT2D eigenvalue weighted by molar-refractivity contribution is 4.84. The van der Waals surface area contributed by atoms with Gasteiger partial charge in [0.1, 0.15) is 0 Å². The summed E-state index contributed by atoms with van der Waals surface area (Å²) in [6.45, 7) is 0. The number of aliphatic hydroxyl groups excluding tert-OH is 1. The Morgan fingerprint density at radius 1 is 1.50 bits per heavy atom. The van der Waals surface area contributed by atoms with Crippen LogP contribution >= 0.6 is 0 Å². The smallest absolute Gasteiger partial charge is 0.0952 e. The maximum atomic E-state index is 9.39. The normalized spacial score (nSPS) is 41.7. The van der Waals surface area contributed by atoms with Crippen molar-refractivity contribution in [2.45, 2.75) is 37.5 Å². The molecular formula is C7H15NO2. The third-order valence-corrected chi connectivity index (χ3v) is 2.15. The number of hydrogen-bond donors (Lipinski definition) is 2. The first-order chi connectivity index (χ1) is 4.75. The summed E-state index contributed by atoms with van der Waals surface area (Å²) in [5.41, 5.74) is 5.61. The van der Waals surface area contributed by atoms with E-state index in [0.717, 1.165) is 19.3 Å². The molecule has 1 fully saturated rings. The lowest BCUT2D eigenvalue weighted by Gasteiger charge is -2.31. The van der Waals surface area contributed by atoms with Crippen LogP contribution in [0.15, 0.2) is 0 Å². The zero-order valence-corrected chi connectivity index (χ0v) is 6.29. The summed E-state index contributed by atoms with van der Waals surface area (Å²) in [7, 11) is 1.62. The van der Waals surface area contributed by atoms with Crippen LogP contribution < -0.4 is 5.73 Å². The molecule has 0 radical (unpaired) electrons. The third-order valence-electron chi connectivity index (χ3n) is 2.15. The van der Waals surface area contributed by atoms with Gasteiger partial charge in [0, 0.05) is 13.2 Å². The SMILES string of the molecule is COC1CCCC(N)C1O. The van der Waals surface area contributed by atoms with Crippen LogP contribution in [0.2, 0.25) is 0 Å². The van der Waals surface area contributed by atoms with Crippen molar-refractivity contribution in [3.8, 4) is 0 Å². The highest BCUT2D eigenvalue weighted by Gasteiger charge is 2.28. The molecule has 0 aliphatic heterocycles. The fourth-order valence-electron chi connectivity index (χ4n) is 1.43. The molecule has 3 N–H and O–H groups in total. The third kappa shape index (κ3) is 1.48. The average Bonchev–Trinajstić information content (AvgIpc) is 1.95. The maximum absolute atomic E-state index is 9.39. The second kappa shape index (κ2) is 3.32. The summed E-state index contributed by atoms with van der Waals surface area (Å²) in [6, 6.07) is -0.0845. The summed E-state index contributed by atoms with van der Waals surface area (Å²) in [5.74, 6) is 0. The topological polar surface area (TPSA) is 55.5 Å². The summed E-state index contributed by atoms with van der Waals surface area (Å²) in [6.07, 6.45) is 2.42. The minimum Gasteiger partial charge on any atom is -0.389 e. The highest BCUT2D eigenvalue weighted by atomic mass is 16.5. The van der Waals surface area contributed by atoms with Crippen molar-refractivity contribution in [3.63, 3.8) is 0 Å². The standard InChI is InChI=1S/C7H15NO2/c1-10-6-4-2-3-5(8)7(6)9/h5-7,9H,2-4,8H2,1H3. The van der Waals surface area contributed by atoms with Gasteiger partial charge in [0.2, 0.25) is 0 Å². The molecule has 0 saturated heterocycles. The molecule has 60 valence electrons. The van der Waals surface area contributed by atoms with Gasteiger partial charge in [0.05, 0.1) is 12.2 Å². The Morgan fingerprint density at radius 3 is 2.70 bits per heavy atom. The van der Waals surface area contributed by atoms with Crippen LogP contribution in [0.3, 0.4) is 0 Å². The van der Waals surface area contributed by atoms with E-state index in [-0.39, 0.29) is 12.1 Å². The fraction of sp³-hybridized carbons (Fsp3) is 1.00. The molecule has 0 aromatic heterocycles. The number of hydrogen-bond acceptors (Lipinski definition) is 3. The molecule has 1 saturated carbocycles. The van der Waals surface area contributed by atoms with Gasteiger partial charge in [-0.2, -0.15) is 0 Å². The Balaban J connectivity index is 2.42. The first kappa shape index (κ1) is 7.98. The van der Waals surface area contributed by atoms with E-state index in [1.165, 1.54) is 0 Å². The number of rotatable bonds is 1. The summed E-state index contributed by atoms with van der Waals surface area (Å²) in [5, 5.41) is 9.39. The summed E-state index contributed by atoms with van der Waals surface area (Å²) >= 11 is 0. The largest absolute Gasteiger partial charge is 0.389 e. The molecule has 3 heteroatoms. The predicted octanol–water partition coefficient (Wildman–Crippen LogP) is -0.126. The van der Waals surface area contributed by atoms with Gasteiger partial charge in [0.15, 0.2) is 0 Å². The summed E-state index contributed by atoms with van der Waals surface area (Å²) < 4.78 is 5.04. The van der Waals surface area contributed by atoms with Crippen molar-refractivity contribution >= 4 is 0 Å². The molecule has 3 nitrogen and oxygen atoms in total. The number of aliphatic hydroxyl groups is 1. The van der Waals surface area contributed by atoms with E-state index < -0.39 is 6.10 Å². The lowest BCUT2D eigenvalue weighted by molar-refractivity contribution is -0.0457. The molecule has 3 atom stereocenters. The average molecular weight is 145 g/mol. The van der Waals surface area contributed by atoms with Gasteiger partial charge in [-0.05, 0) is 19.3 Å². The Labute approximate surface area is 61.2 Å². The van der Waals surface area contributed by atoms with Crippen LogP contribution in [-0.2, 0) is 4.74 Å². The first-order valence-corrected chi connectivity index (χ1v) is 3.72. The molecule has 10 heavy (non-hydrogen) atoms. The van der Waals surface area contributed by atoms with Crippen molar-refractivity contribution in [2.75, 3.05) is 7.11 Å². The van der Waals surface area contributed by atoms with Crippen LogP contribution in [0.1, 0.15) is 19.3 Å². The molecule has 1 aliphatic carbocycles. The predicted molar refractivity (Wildman–Crippen MR) is 38.6 cm³/mol. The fourth-order valence-corrected chi connectivity index (χ4v) is 1.43. The van der Waals surface area contributed by atoms with Crippen molar-refractivity contribution in [1.82, 2.24) is 0 Å². The molecule has 0 aromatic rings. The molecule has 0 amide bonds. The monoisotopic (exact) mass is 145 g/mol. The van der Waals surface area contributed by atoms with Crippen LogP contribution in [-0.4, -0.2) is 30.5 Å². The van der Waals surface area contributed by atoms with Crippen molar-refractivity contribution in [3.05, 3.63) is 0 Å². The van der Waals surface area contributed by atoms with Gasteiger partial charge < -0.3 is 15.6 Å². The van der Waals surface area contributed by atoms with Gasteiger partial charge in [0.25, 0.3) is 0 Å². The van der Waals surface area contributed by atoms with Crippen LogP contribution in [0.25, 0.3) is 0 Å². The van der Waals surface area contributed by atoms with E-state index >= 15 is 0 Å². The molecule has 1 aliphatic rings. The molecule has 0 heterocycles. The second-order valence-electron chi connectivity index (χ2n) is 2.86. The maximum Gasteiger partial charge on any atom is 0.0952 e. The molecule has 0 spiro atoms. The molecule has 0 aromatic carbocycles. The Bertz CT molecular complexity index is 108. The van der Waals surface area contributed by atoms with Crippen molar-refractivity contribution in [2.24, 2.45) is 5.73 Å². The van der Waals surface area contributed by atoms with E-state index in [1.807, 2.05) is 0 Å². The molecule has 0 bridgehead atoms. The van der Waals surface area contributed by atoms with Gasteiger partial charge in [-0.1, -0.05) is 0 Å². The van der Waals surface area contributed by atoms with Crippen molar-refractivity contribution < 1.29 is 9.84 Å². The number of ether oxygens (including phenoxy) is 1. The second-order valence-corrected chi connectivity index (χ2v) is 2.86. The van der Waals surface area contributed by atoms with E-state index in [9.17, 15) is 5.11 Å². The van der Waals surface area contributed by atoms with E-state index in [0.29, 0.717) is 0 Å². The van der Waals surface area contributed by atoms with Gasteiger partial charge in [-0.25, -0.2) is 0 Å². The zero-order valence-electron chi connectivity index (χ0n) is 6.29. The quantitative estimate of drug-likeness (QED) is 0.540. The first-order valence-electron chi connectivity index (χ1n) is 3.72. The van der Waals surface area contributed by atoms with Gasteiger partial charge in [-0.3, -0.25) is 0 Å². The lowest BCUT2D eigenvalue weighted by atomic mass is 9.91. The van der Waals surface area contributed by atoms with E-state index in [1.54, 1.807) is 7.11 Å². The molecule has 1 rings (SSSR count). The highest BCUT2D eigenvalue weighted by Crippen LogP contribution is 2.19. The Kier molecular flexibility index (Phi) is 2.65. The number of methoxy groups -OCH3 is 1. The Hall–Kier alpha value is -0.120. The Morgan fingerprint density at radius 2 is 2.20 bits per heavy atom. The van der Waals surface area contributed by atoms with E-state index in [2.05, 4.69) is 0 Å². The van der Waals surface area contributed by atoms with Crippen LogP contribution in [0.5, 0.6) is 0 Å². The van der Waals surface area contributed by atoms with Gasteiger partial charge >= 0.3 is 0 Å². The minimum absolute atomic E-state index is 0.0382. The van der Waals surface area contributed by atoms with Crippen molar-refractivity contribution in [1.29, 1.82) is 0 Å². The molecule has 3 unspecified atom stereocenters. The summed E-state index contributed by atoms with van der Waals surface area (Å²) in [4.78, 5) is 0. The zero-order chi connectivity index (χ0) is 7.56. The van der Waals surface area contributed by atoms with Crippen LogP contribution in [0.4, 0.5) is 0 Å². The van der Waals surface area contributed by atoms with Gasteiger partial charge in [-0.15, -0.1) is 0 Å².